The van der Waals surface area contributed by atoms with Crippen molar-refractivity contribution in [2.24, 2.45) is 5.73 Å². The van der Waals surface area contributed by atoms with Crippen LogP contribution >= 0.6 is 11.8 Å². The Hall–Kier alpha value is -0.550. The number of aromatic nitrogens is 2. The molecular weight excluding hydrogens is 210 g/mol. The van der Waals surface area contributed by atoms with Gasteiger partial charge in [-0.05, 0) is 31.3 Å². The maximum atomic E-state index is 5.95. The molecule has 0 unspecified atom stereocenters. The van der Waals surface area contributed by atoms with Crippen molar-refractivity contribution in [2.75, 3.05) is 12.0 Å². The fourth-order valence-corrected chi connectivity index (χ4v) is 1.90. The van der Waals surface area contributed by atoms with Gasteiger partial charge in [-0.25, -0.2) is 0 Å². The average molecular weight is 227 g/mol. The lowest BCUT2D eigenvalue weighted by Crippen LogP contribution is -2.12. The maximum absolute atomic E-state index is 5.95. The molecule has 15 heavy (non-hydrogen) atoms. The lowest BCUT2D eigenvalue weighted by molar-refractivity contribution is 0.346. The normalized spacial score (nSPS) is 20.2. The number of nitrogens with zero attached hydrogens (tertiary/aromatic N) is 2. The third kappa shape index (κ3) is 2.34. The molecule has 4 nitrogen and oxygen atoms in total. The summed E-state index contributed by atoms with van der Waals surface area (Å²) in [6.07, 6.45) is 5.27. The number of rotatable bonds is 5. The Morgan fingerprint density at radius 2 is 2.33 bits per heavy atom. The van der Waals surface area contributed by atoms with Gasteiger partial charge in [0.2, 0.25) is 5.89 Å². The second-order valence-corrected chi connectivity index (χ2v) is 5.39. The zero-order valence-corrected chi connectivity index (χ0v) is 10.0. The van der Waals surface area contributed by atoms with Crippen molar-refractivity contribution >= 4 is 11.8 Å². The predicted octanol–water partition coefficient (Wildman–Crippen LogP) is 1.87. The van der Waals surface area contributed by atoms with Gasteiger partial charge in [0, 0.05) is 5.41 Å². The molecule has 1 atom stereocenters. The fraction of sp³-hybridized carbons (Fsp3) is 0.800. The first-order valence-electron chi connectivity index (χ1n) is 5.24. The highest BCUT2D eigenvalue weighted by atomic mass is 32.2. The molecule has 0 bridgehead atoms. The summed E-state index contributed by atoms with van der Waals surface area (Å²) in [6, 6.07) is -0.110. The van der Waals surface area contributed by atoms with Crippen LogP contribution in [0.5, 0.6) is 0 Å². The molecule has 0 spiro atoms. The first-order chi connectivity index (χ1) is 7.15. The third-order valence-corrected chi connectivity index (χ3v) is 3.58. The van der Waals surface area contributed by atoms with Crippen LogP contribution in [0.4, 0.5) is 0 Å². The fourth-order valence-electron chi connectivity index (χ4n) is 1.41. The summed E-state index contributed by atoms with van der Waals surface area (Å²) in [7, 11) is 0. The highest BCUT2D eigenvalue weighted by molar-refractivity contribution is 7.98. The van der Waals surface area contributed by atoms with Gasteiger partial charge in [-0.1, -0.05) is 12.1 Å². The largest absolute Gasteiger partial charge is 0.338 e. The lowest BCUT2D eigenvalue weighted by atomic mass is 10.1. The van der Waals surface area contributed by atoms with E-state index >= 15 is 0 Å². The Morgan fingerprint density at radius 1 is 1.60 bits per heavy atom. The van der Waals surface area contributed by atoms with Crippen LogP contribution in [0.25, 0.3) is 0 Å². The van der Waals surface area contributed by atoms with E-state index in [1.54, 1.807) is 11.8 Å². The highest BCUT2D eigenvalue weighted by Gasteiger charge is 2.43. The van der Waals surface area contributed by atoms with Crippen molar-refractivity contribution in [1.82, 2.24) is 10.1 Å². The molecule has 1 aliphatic rings. The zero-order valence-electron chi connectivity index (χ0n) is 9.19. The number of hydrogen-bond acceptors (Lipinski definition) is 5. The summed E-state index contributed by atoms with van der Waals surface area (Å²) < 4.78 is 5.19. The maximum Gasteiger partial charge on any atom is 0.243 e. The first kappa shape index (κ1) is 11.0. The monoisotopic (exact) mass is 227 g/mol. The van der Waals surface area contributed by atoms with Crippen LogP contribution in [-0.4, -0.2) is 22.1 Å². The molecule has 1 aromatic rings. The minimum absolute atomic E-state index is 0.110. The number of thioether (sulfide) groups is 1. The summed E-state index contributed by atoms with van der Waals surface area (Å²) in [5.74, 6) is 2.44. The van der Waals surface area contributed by atoms with Gasteiger partial charge in [-0.15, -0.1) is 0 Å². The van der Waals surface area contributed by atoms with Gasteiger partial charge in [0.1, 0.15) is 0 Å². The van der Waals surface area contributed by atoms with Crippen LogP contribution in [0.1, 0.15) is 43.9 Å². The molecule has 84 valence electrons. The average Bonchev–Trinajstić information content (AvgIpc) is 2.82. The van der Waals surface area contributed by atoms with E-state index in [1.807, 2.05) is 0 Å². The second-order valence-electron chi connectivity index (χ2n) is 4.40. The molecule has 1 saturated carbocycles. The molecule has 0 saturated heterocycles. The SMILES string of the molecule is CSCC[C@H](N)c1nc(C2(C)CC2)no1. The quantitative estimate of drug-likeness (QED) is 0.832. The van der Waals surface area contributed by atoms with Crippen LogP contribution in [0.2, 0.25) is 0 Å². The number of hydrogen-bond donors (Lipinski definition) is 1. The molecule has 1 fully saturated rings. The third-order valence-electron chi connectivity index (χ3n) is 2.93. The van der Waals surface area contributed by atoms with Gasteiger partial charge in [0.25, 0.3) is 0 Å². The summed E-state index contributed by atoms with van der Waals surface area (Å²) in [5, 5.41) is 4.01. The van der Waals surface area contributed by atoms with Crippen molar-refractivity contribution in [1.29, 1.82) is 0 Å². The van der Waals surface area contributed by atoms with E-state index < -0.39 is 0 Å². The molecular formula is C10H17N3OS. The van der Waals surface area contributed by atoms with Crippen LogP contribution in [-0.2, 0) is 5.41 Å². The Kier molecular flexibility index (Phi) is 3.02. The van der Waals surface area contributed by atoms with E-state index in [0.717, 1.165) is 30.8 Å². The summed E-state index contributed by atoms with van der Waals surface area (Å²) in [5.41, 5.74) is 6.12. The zero-order chi connectivity index (χ0) is 10.9. The Morgan fingerprint density at radius 3 is 2.93 bits per heavy atom. The molecule has 1 aromatic heterocycles. The molecule has 0 aromatic carbocycles. The Bertz CT molecular complexity index is 335. The Labute approximate surface area is 94.0 Å². The first-order valence-corrected chi connectivity index (χ1v) is 6.64. The molecule has 1 heterocycles. The lowest BCUT2D eigenvalue weighted by Gasteiger charge is -2.04. The molecule has 2 N–H and O–H groups in total. The minimum Gasteiger partial charge on any atom is -0.338 e. The van der Waals surface area contributed by atoms with E-state index in [4.69, 9.17) is 10.3 Å². The summed E-state index contributed by atoms with van der Waals surface area (Å²) in [6.45, 7) is 2.16. The van der Waals surface area contributed by atoms with E-state index in [-0.39, 0.29) is 11.5 Å². The molecule has 2 rings (SSSR count). The molecule has 1 aliphatic carbocycles. The van der Waals surface area contributed by atoms with Crippen molar-refractivity contribution in [2.45, 2.75) is 37.6 Å². The van der Waals surface area contributed by atoms with E-state index in [9.17, 15) is 0 Å². The van der Waals surface area contributed by atoms with E-state index in [2.05, 4.69) is 23.3 Å². The van der Waals surface area contributed by atoms with E-state index in [0.29, 0.717) is 5.89 Å². The highest BCUT2D eigenvalue weighted by Crippen LogP contribution is 2.46. The summed E-state index contributed by atoms with van der Waals surface area (Å²) in [4.78, 5) is 4.38. The van der Waals surface area contributed by atoms with Crippen molar-refractivity contribution in [3.8, 4) is 0 Å². The van der Waals surface area contributed by atoms with Crippen LogP contribution in [0, 0.1) is 0 Å². The van der Waals surface area contributed by atoms with Crippen molar-refractivity contribution < 1.29 is 4.52 Å². The molecule has 0 radical (unpaired) electrons. The summed E-state index contributed by atoms with van der Waals surface area (Å²) >= 11 is 1.78. The van der Waals surface area contributed by atoms with Crippen LogP contribution < -0.4 is 5.73 Å². The van der Waals surface area contributed by atoms with Gasteiger partial charge < -0.3 is 10.3 Å². The predicted molar refractivity (Wildman–Crippen MR) is 60.8 cm³/mol. The van der Waals surface area contributed by atoms with Crippen LogP contribution in [0.3, 0.4) is 0 Å². The topological polar surface area (TPSA) is 64.9 Å². The minimum atomic E-state index is -0.110. The van der Waals surface area contributed by atoms with Gasteiger partial charge in [-0.2, -0.15) is 16.7 Å². The van der Waals surface area contributed by atoms with Gasteiger partial charge >= 0.3 is 0 Å². The van der Waals surface area contributed by atoms with Gasteiger partial charge in [-0.3, -0.25) is 0 Å². The smallest absolute Gasteiger partial charge is 0.243 e. The molecule has 0 aliphatic heterocycles. The standard InChI is InChI=1S/C10H17N3OS/c1-10(4-5-10)9-12-8(14-13-9)7(11)3-6-15-2/h7H,3-6,11H2,1-2H3/t7-/m0/s1. The van der Waals surface area contributed by atoms with Crippen LogP contribution in [0.15, 0.2) is 4.52 Å². The number of nitrogens with two attached hydrogens (primary N) is 1. The van der Waals surface area contributed by atoms with E-state index in [1.165, 1.54) is 0 Å². The van der Waals surface area contributed by atoms with Crippen molar-refractivity contribution in [3.05, 3.63) is 11.7 Å². The van der Waals surface area contributed by atoms with Gasteiger partial charge in [0.15, 0.2) is 5.82 Å². The van der Waals surface area contributed by atoms with Crippen molar-refractivity contribution in [3.63, 3.8) is 0 Å². The molecule has 5 heteroatoms. The Balaban J connectivity index is 2.00. The van der Waals surface area contributed by atoms with Gasteiger partial charge in [0.05, 0.1) is 6.04 Å². The second kappa shape index (κ2) is 4.14. The molecule has 0 amide bonds.